The first-order valence-corrected chi connectivity index (χ1v) is 3.20. The zero-order valence-electron chi connectivity index (χ0n) is 5.84. The molecular formula is C7H10ClNO. The molecule has 0 unspecified atom stereocenters. The molecule has 0 aliphatic heterocycles. The standard InChI is InChI=1S/C7H10ClNO/c1-3-7(8)4-9-6(2)5-10/h3-4,10H,1,5H2,2H3/b7-4+,9-6+. The fourth-order valence-corrected chi connectivity index (χ4v) is 0.314. The molecule has 0 bridgehead atoms. The van der Waals surface area contributed by atoms with Crippen LogP contribution in [0.5, 0.6) is 0 Å². The fourth-order valence-electron chi connectivity index (χ4n) is 0.265. The van der Waals surface area contributed by atoms with Gasteiger partial charge in [0, 0.05) is 11.9 Å². The topological polar surface area (TPSA) is 32.6 Å². The van der Waals surface area contributed by atoms with Crippen molar-refractivity contribution in [1.29, 1.82) is 0 Å². The molecule has 2 nitrogen and oxygen atoms in total. The number of allylic oxidation sites excluding steroid dienone is 2. The Morgan fingerprint density at radius 1 is 1.80 bits per heavy atom. The van der Waals surface area contributed by atoms with Gasteiger partial charge in [0.15, 0.2) is 0 Å². The van der Waals surface area contributed by atoms with Crippen LogP contribution in [0, 0.1) is 0 Å². The molecule has 0 aliphatic carbocycles. The maximum absolute atomic E-state index is 8.49. The summed E-state index contributed by atoms with van der Waals surface area (Å²) in [5, 5.41) is 8.96. The van der Waals surface area contributed by atoms with Gasteiger partial charge in [0.2, 0.25) is 0 Å². The summed E-state index contributed by atoms with van der Waals surface area (Å²) in [5.41, 5.74) is 0.625. The summed E-state index contributed by atoms with van der Waals surface area (Å²) in [6.45, 7) is 5.10. The van der Waals surface area contributed by atoms with E-state index in [2.05, 4.69) is 11.6 Å². The number of aliphatic hydroxyl groups excluding tert-OH is 1. The van der Waals surface area contributed by atoms with Gasteiger partial charge in [-0.15, -0.1) is 0 Å². The van der Waals surface area contributed by atoms with Gasteiger partial charge in [-0.3, -0.25) is 4.99 Å². The first-order chi connectivity index (χ1) is 4.70. The molecule has 1 N–H and O–H groups in total. The van der Waals surface area contributed by atoms with E-state index in [9.17, 15) is 0 Å². The van der Waals surface area contributed by atoms with Gasteiger partial charge in [0.05, 0.1) is 11.6 Å². The highest BCUT2D eigenvalue weighted by molar-refractivity contribution is 6.31. The SMILES string of the molecule is C=C/C(Cl)=C\N=C(/C)CO. The van der Waals surface area contributed by atoms with Crippen molar-refractivity contribution >= 4 is 17.3 Å². The number of rotatable bonds is 3. The molecule has 0 aromatic carbocycles. The first-order valence-electron chi connectivity index (χ1n) is 2.83. The van der Waals surface area contributed by atoms with Crippen LogP contribution in [0.4, 0.5) is 0 Å². The number of halogens is 1. The van der Waals surface area contributed by atoms with Crippen molar-refractivity contribution in [3.05, 3.63) is 23.9 Å². The van der Waals surface area contributed by atoms with Crippen LogP contribution in [0.3, 0.4) is 0 Å². The van der Waals surface area contributed by atoms with Crippen LogP contribution in [-0.4, -0.2) is 17.4 Å². The Hall–Kier alpha value is -0.600. The van der Waals surface area contributed by atoms with Crippen molar-refractivity contribution in [3.8, 4) is 0 Å². The largest absolute Gasteiger partial charge is 0.390 e. The highest BCUT2D eigenvalue weighted by Gasteiger charge is 1.83. The minimum atomic E-state index is -0.0438. The van der Waals surface area contributed by atoms with E-state index in [-0.39, 0.29) is 6.61 Å². The van der Waals surface area contributed by atoms with Crippen LogP contribution in [-0.2, 0) is 0 Å². The first kappa shape index (κ1) is 9.40. The van der Waals surface area contributed by atoms with Gasteiger partial charge in [-0.2, -0.15) is 0 Å². The molecule has 0 aromatic heterocycles. The molecule has 3 heteroatoms. The minimum Gasteiger partial charge on any atom is -0.390 e. The van der Waals surface area contributed by atoms with Crippen molar-refractivity contribution in [1.82, 2.24) is 0 Å². The van der Waals surface area contributed by atoms with Crippen molar-refractivity contribution in [2.24, 2.45) is 4.99 Å². The molecule has 0 spiro atoms. The molecule has 0 fully saturated rings. The van der Waals surface area contributed by atoms with Crippen LogP contribution in [0.1, 0.15) is 6.92 Å². The minimum absolute atomic E-state index is 0.0438. The van der Waals surface area contributed by atoms with Gasteiger partial charge in [0.1, 0.15) is 0 Å². The van der Waals surface area contributed by atoms with E-state index in [1.807, 2.05) is 0 Å². The van der Waals surface area contributed by atoms with E-state index in [4.69, 9.17) is 16.7 Å². The van der Waals surface area contributed by atoms with Crippen molar-refractivity contribution in [2.45, 2.75) is 6.92 Å². The number of nitrogens with zero attached hydrogens (tertiary/aromatic N) is 1. The monoisotopic (exact) mass is 159 g/mol. The summed E-state index contributed by atoms with van der Waals surface area (Å²) in [7, 11) is 0. The van der Waals surface area contributed by atoms with Crippen LogP contribution in [0.25, 0.3) is 0 Å². The van der Waals surface area contributed by atoms with E-state index >= 15 is 0 Å². The number of hydrogen-bond donors (Lipinski definition) is 1. The van der Waals surface area contributed by atoms with Crippen LogP contribution < -0.4 is 0 Å². The summed E-state index contributed by atoms with van der Waals surface area (Å²) in [4.78, 5) is 3.81. The van der Waals surface area contributed by atoms with Crippen LogP contribution in [0.15, 0.2) is 28.9 Å². The second-order valence-corrected chi connectivity index (χ2v) is 2.18. The molecule has 0 radical (unpaired) electrons. The summed E-state index contributed by atoms with van der Waals surface area (Å²) in [6, 6.07) is 0. The van der Waals surface area contributed by atoms with E-state index < -0.39 is 0 Å². The second kappa shape index (κ2) is 5.21. The van der Waals surface area contributed by atoms with Crippen molar-refractivity contribution < 1.29 is 5.11 Å². The fraction of sp³-hybridized carbons (Fsp3) is 0.286. The maximum Gasteiger partial charge on any atom is 0.0810 e. The molecule has 0 aromatic rings. The third kappa shape index (κ3) is 4.30. The third-order valence-electron chi connectivity index (χ3n) is 0.832. The molecule has 56 valence electrons. The Kier molecular flexibility index (Phi) is 4.89. The summed E-state index contributed by atoms with van der Waals surface area (Å²) < 4.78 is 0. The van der Waals surface area contributed by atoms with E-state index in [0.29, 0.717) is 10.7 Å². The van der Waals surface area contributed by atoms with Gasteiger partial charge in [0.25, 0.3) is 0 Å². The van der Waals surface area contributed by atoms with Crippen molar-refractivity contribution in [2.75, 3.05) is 6.61 Å². The number of aliphatic hydroxyl groups is 1. The van der Waals surface area contributed by atoms with Gasteiger partial charge in [-0.1, -0.05) is 18.2 Å². The molecule has 0 rings (SSSR count). The Balaban J connectivity index is 4.03. The predicted molar refractivity (Wildman–Crippen MR) is 44.3 cm³/mol. The molecular weight excluding hydrogens is 150 g/mol. The summed E-state index contributed by atoms with van der Waals surface area (Å²) in [5.74, 6) is 0. The van der Waals surface area contributed by atoms with Crippen molar-refractivity contribution in [3.63, 3.8) is 0 Å². The average Bonchev–Trinajstić information content (AvgIpc) is 1.99. The number of hydrogen-bond acceptors (Lipinski definition) is 2. The molecule has 0 heterocycles. The Morgan fingerprint density at radius 3 is 2.80 bits per heavy atom. The zero-order valence-corrected chi connectivity index (χ0v) is 6.60. The maximum atomic E-state index is 8.49. The van der Waals surface area contributed by atoms with Gasteiger partial charge < -0.3 is 5.11 Å². The summed E-state index contributed by atoms with van der Waals surface area (Å²) in [6.07, 6.45) is 2.93. The lowest BCUT2D eigenvalue weighted by atomic mass is 10.4. The van der Waals surface area contributed by atoms with Gasteiger partial charge >= 0.3 is 0 Å². The number of aliphatic imine (C=N–C) groups is 1. The molecule has 0 amide bonds. The highest BCUT2D eigenvalue weighted by atomic mass is 35.5. The molecule has 0 atom stereocenters. The van der Waals surface area contributed by atoms with Crippen LogP contribution in [0.2, 0.25) is 0 Å². The van der Waals surface area contributed by atoms with Crippen LogP contribution >= 0.6 is 11.6 Å². The normalized spacial score (nSPS) is 13.5. The lowest BCUT2D eigenvalue weighted by molar-refractivity contribution is 0.357. The highest BCUT2D eigenvalue weighted by Crippen LogP contribution is 2.00. The van der Waals surface area contributed by atoms with Gasteiger partial charge in [-0.25, -0.2) is 0 Å². The lowest BCUT2D eigenvalue weighted by Gasteiger charge is -1.88. The lowest BCUT2D eigenvalue weighted by Crippen LogP contribution is -1.95. The van der Waals surface area contributed by atoms with E-state index in [0.717, 1.165) is 0 Å². The Labute approximate surface area is 65.5 Å². The quantitative estimate of drug-likeness (QED) is 0.494. The van der Waals surface area contributed by atoms with E-state index in [1.165, 1.54) is 12.3 Å². The Bertz CT molecular complexity index is 172. The predicted octanol–water partition coefficient (Wildman–Crippen LogP) is 1.71. The molecule has 0 aliphatic rings. The zero-order chi connectivity index (χ0) is 7.98. The molecule has 10 heavy (non-hydrogen) atoms. The summed E-state index contributed by atoms with van der Waals surface area (Å²) >= 11 is 5.52. The smallest absolute Gasteiger partial charge is 0.0810 e. The third-order valence-corrected chi connectivity index (χ3v) is 1.08. The average molecular weight is 160 g/mol. The Morgan fingerprint density at radius 2 is 2.40 bits per heavy atom. The molecule has 0 saturated carbocycles. The molecule has 0 saturated heterocycles. The van der Waals surface area contributed by atoms with E-state index in [1.54, 1.807) is 6.92 Å². The van der Waals surface area contributed by atoms with Gasteiger partial charge in [-0.05, 0) is 13.0 Å². The second-order valence-electron chi connectivity index (χ2n) is 1.74.